The second-order valence-electron chi connectivity index (χ2n) is 5.66. The van der Waals surface area contributed by atoms with Gasteiger partial charge in [-0.15, -0.1) is 0 Å². The van der Waals surface area contributed by atoms with E-state index in [0.29, 0.717) is 32.3 Å². The van der Waals surface area contributed by atoms with E-state index < -0.39 is 0 Å². The van der Waals surface area contributed by atoms with Gasteiger partial charge in [-0.3, -0.25) is 0 Å². The van der Waals surface area contributed by atoms with E-state index in [1.54, 1.807) is 7.11 Å². The van der Waals surface area contributed by atoms with Crippen molar-refractivity contribution in [3.05, 3.63) is 35.4 Å². The molecule has 118 valence electrons. The highest BCUT2D eigenvalue weighted by molar-refractivity contribution is 5.35. The fraction of sp³-hybridized carbons (Fsp3) is 0.647. The summed E-state index contributed by atoms with van der Waals surface area (Å²) in [5, 5.41) is 0. The first-order valence-electron chi connectivity index (χ1n) is 7.76. The Labute approximate surface area is 127 Å². The molecule has 1 aliphatic rings. The molecular formula is C17H27NO3. The predicted molar refractivity (Wildman–Crippen MR) is 83.5 cm³/mol. The highest BCUT2D eigenvalue weighted by atomic mass is 16.5. The van der Waals surface area contributed by atoms with Crippen LogP contribution in [0.5, 0.6) is 0 Å². The summed E-state index contributed by atoms with van der Waals surface area (Å²) >= 11 is 0. The van der Waals surface area contributed by atoms with Gasteiger partial charge >= 0.3 is 0 Å². The van der Waals surface area contributed by atoms with E-state index in [1.807, 2.05) is 0 Å². The molecule has 0 fully saturated rings. The molecule has 2 rings (SSSR count). The Morgan fingerprint density at radius 2 is 1.86 bits per heavy atom. The van der Waals surface area contributed by atoms with Crippen LogP contribution in [0.25, 0.3) is 0 Å². The normalized spacial score (nSPS) is 24.8. The lowest BCUT2D eigenvalue weighted by Crippen LogP contribution is -2.35. The molecule has 0 bridgehead atoms. The molecular weight excluding hydrogens is 266 g/mol. The Morgan fingerprint density at radius 1 is 1.10 bits per heavy atom. The van der Waals surface area contributed by atoms with Crippen molar-refractivity contribution in [2.45, 2.75) is 37.8 Å². The molecule has 0 radical (unpaired) electrons. The van der Waals surface area contributed by atoms with Gasteiger partial charge in [0.1, 0.15) is 0 Å². The molecule has 3 atom stereocenters. The van der Waals surface area contributed by atoms with E-state index >= 15 is 0 Å². The minimum Gasteiger partial charge on any atom is -0.382 e. The van der Waals surface area contributed by atoms with Gasteiger partial charge < -0.3 is 19.9 Å². The third-order valence-corrected chi connectivity index (χ3v) is 4.07. The van der Waals surface area contributed by atoms with Crippen LogP contribution in [0.2, 0.25) is 0 Å². The van der Waals surface area contributed by atoms with Crippen LogP contribution in [-0.4, -0.2) is 39.6 Å². The maximum Gasteiger partial charge on any atom is 0.0773 e. The molecule has 2 N–H and O–H groups in total. The van der Waals surface area contributed by atoms with Crippen molar-refractivity contribution < 1.29 is 14.2 Å². The van der Waals surface area contributed by atoms with Gasteiger partial charge in [-0.2, -0.15) is 0 Å². The van der Waals surface area contributed by atoms with Crippen molar-refractivity contribution in [1.82, 2.24) is 0 Å². The number of fused-ring (bicyclic) bond motifs is 1. The molecule has 0 amide bonds. The summed E-state index contributed by atoms with van der Waals surface area (Å²) in [6.45, 7) is 4.93. The fourth-order valence-corrected chi connectivity index (χ4v) is 2.90. The largest absolute Gasteiger partial charge is 0.382 e. The van der Waals surface area contributed by atoms with Crippen LogP contribution in [0, 0.1) is 0 Å². The van der Waals surface area contributed by atoms with Crippen LogP contribution in [-0.2, 0) is 14.2 Å². The van der Waals surface area contributed by atoms with Crippen LogP contribution in [0.1, 0.15) is 42.9 Å². The molecule has 0 aliphatic heterocycles. The average Bonchev–Trinajstić information content (AvgIpc) is 2.51. The SMILES string of the molecule is COCCOCCCOC1CC(C)c2ccccc2C1N. The lowest BCUT2D eigenvalue weighted by molar-refractivity contribution is 0.00250. The second kappa shape index (κ2) is 8.49. The summed E-state index contributed by atoms with van der Waals surface area (Å²) < 4.78 is 16.4. The van der Waals surface area contributed by atoms with Crippen LogP contribution < -0.4 is 5.73 Å². The third-order valence-electron chi connectivity index (χ3n) is 4.07. The first-order valence-corrected chi connectivity index (χ1v) is 7.76. The van der Waals surface area contributed by atoms with E-state index in [1.165, 1.54) is 11.1 Å². The molecule has 0 spiro atoms. The molecule has 4 nitrogen and oxygen atoms in total. The number of hydrogen-bond donors (Lipinski definition) is 1. The van der Waals surface area contributed by atoms with Gasteiger partial charge in [-0.25, -0.2) is 0 Å². The molecule has 0 heterocycles. The van der Waals surface area contributed by atoms with E-state index in [0.717, 1.165) is 12.8 Å². The first-order chi connectivity index (χ1) is 10.2. The van der Waals surface area contributed by atoms with Crippen molar-refractivity contribution in [3.8, 4) is 0 Å². The third kappa shape index (κ3) is 4.51. The zero-order chi connectivity index (χ0) is 15.1. The van der Waals surface area contributed by atoms with Gasteiger partial charge in [0.05, 0.1) is 25.4 Å². The predicted octanol–water partition coefficient (Wildman–Crippen LogP) is 2.63. The number of ether oxygens (including phenoxy) is 3. The van der Waals surface area contributed by atoms with Crippen LogP contribution >= 0.6 is 0 Å². The van der Waals surface area contributed by atoms with Crippen molar-refractivity contribution >= 4 is 0 Å². The second-order valence-corrected chi connectivity index (χ2v) is 5.66. The monoisotopic (exact) mass is 293 g/mol. The molecule has 0 aromatic heterocycles. The number of benzene rings is 1. The zero-order valence-electron chi connectivity index (χ0n) is 13.1. The summed E-state index contributed by atoms with van der Waals surface area (Å²) in [6.07, 6.45) is 1.99. The standard InChI is InChI=1S/C17H27NO3/c1-13-12-16(21-9-5-8-20-11-10-19-2)17(18)15-7-4-3-6-14(13)15/h3-4,6-7,13,16-17H,5,8-12,18H2,1-2H3. The number of nitrogens with two attached hydrogens (primary N) is 1. The van der Waals surface area contributed by atoms with Gasteiger partial charge in [-0.05, 0) is 29.9 Å². The lowest BCUT2D eigenvalue weighted by atomic mass is 9.79. The summed E-state index contributed by atoms with van der Waals surface area (Å²) in [5.74, 6) is 0.504. The highest BCUT2D eigenvalue weighted by Crippen LogP contribution is 2.37. The Bertz CT molecular complexity index is 424. The Morgan fingerprint density at radius 3 is 2.62 bits per heavy atom. The molecule has 4 heteroatoms. The number of rotatable bonds is 8. The summed E-state index contributed by atoms with van der Waals surface area (Å²) in [4.78, 5) is 0. The minimum absolute atomic E-state index is 0.0215. The summed E-state index contributed by atoms with van der Waals surface area (Å²) in [5.41, 5.74) is 8.96. The molecule has 0 saturated carbocycles. The van der Waals surface area contributed by atoms with Gasteiger partial charge in [0, 0.05) is 20.3 Å². The van der Waals surface area contributed by atoms with Gasteiger partial charge in [0.15, 0.2) is 0 Å². The Kier molecular flexibility index (Phi) is 6.64. The highest BCUT2D eigenvalue weighted by Gasteiger charge is 2.30. The van der Waals surface area contributed by atoms with Crippen LogP contribution in [0.15, 0.2) is 24.3 Å². The van der Waals surface area contributed by atoms with Crippen molar-refractivity contribution in [1.29, 1.82) is 0 Å². The van der Waals surface area contributed by atoms with Gasteiger partial charge in [0.2, 0.25) is 0 Å². The molecule has 1 aliphatic carbocycles. The maximum absolute atomic E-state index is 6.36. The fourth-order valence-electron chi connectivity index (χ4n) is 2.90. The topological polar surface area (TPSA) is 53.7 Å². The summed E-state index contributed by atoms with van der Waals surface area (Å²) in [7, 11) is 1.68. The number of methoxy groups -OCH3 is 1. The summed E-state index contributed by atoms with van der Waals surface area (Å²) in [6, 6.07) is 8.42. The van der Waals surface area contributed by atoms with Crippen LogP contribution in [0.3, 0.4) is 0 Å². The van der Waals surface area contributed by atoms with Crippen molar-refractivity contribution in [2.75, 3.05) is 33.5 Å². The average molecular weight is 293 g/mol. The Hall–Kier alpha value is -0.940. The Balaban J connectivity index is 1.75. The van der Waals surface area contributed by atoms with Gasteiger partial charge in [-0.1, -0.05) is 31.2 Å². The maximum atomic E-state index is 6.36. The molecule has 1 aromatic rings. The smallest absolute Gasteiger partial charge is 0.0773 e. The van der Waals surface area contributed by atoms with E-state index in [2.05, 4.69) is 31.2 Å². The van der Waals surface area contributed by atoms with E-state index in [-0.39, 0.29) is 12.1 Å². The molecule has 21 heavy (non-hydrogen) atoms. The van der Waals surface area contributed by atoms with E-state index in [4.69, 9.17) is 19.9 Å². The quantitative estimate of drug-likeness (QED) is 0.749. The van der Waals surface area contributed by atoms with Crippen molar-refractivity contribution in [3.63, 3.8) is 0 Å². The van der Waals surface area contributed by atoms with E-state index in [9.17, 15) is 0 Å². The minimum atomic E-state index is -0.0215. The number of hydrogen-bond acceptors (Lipinski definition) is 4. The van der Waals surface area contributed by atoms with Crippen LogP contribution in [0.4, 0.5) is 0 Å². The first kappa shape index (κ1) is 16.4. The lowest BCUT2D eigenvalue weighted by Gasteiger charge is -2.34. The van der Waals surface area contributed by atoms with Crippen molar-refractivity contribution in [2.24, 2.45) is 5.73 Å². The molecule has 0 saturated heterocycles. The molecule has 1 aromatic carbocycles. The van der Waals surface area contributed by atoms with Gasteiger partial charge in [0.25, 0.3) is 0 Å². The zero-order valence-corrected chi connectivity index (χ0v) is 13.1. The molecule has 3 unspecified atom stereocenters.